The van der Waals surface area contributed by atoms with Crippen molar-refractivity contribution in [2.75, 3.05) is 18.4 Å². The van der Waals surface area contributed by atoms with E-state index < -0.39 is 0 Å². The van der Waals surface area contributed by atoms with Crippen LogP contribution in [0.25, 0.3) is 22.2 Å². The SMILES string of the molecule is CCc1ncc2cc(-c3cc(NC(=O)N4CCC(C(C)(C)C)C4)ccc3C)c(C)nc2n1. The molecule has 2 aromatic heterocycles. The number of nitrogens with zero attached hydrogens (tertiary/aromatic N) is 4. The van der Waals surface area contributed by atoms with E-state index in [1.54, 1.807) is 0 Å². The maximum atomic E-state index is 12.9. The highest BCUT2D eigenvalue weighted by molar-refractivity contribution is 5.91. The van der Waals surface area contributed by atoms with E-state index in [4.69, 9.17) is 4.98 Å². The first kappa shape index (κ1) is 22.2. The van der Waals surface area contributed by atoms with Gasteiger partial charge in [0.25, 0.3) is 0 Å². The predicted molar refractivity (Wildman–Crippen MR) is 130 cm³/mol. The molecule has 0 spiro atoms. The van der Waals surface area contributed by atoms with Crippen molar-refractivity contribution in [3.8, 4) is 11.1 Å². The number of hydrogen-bond donors (Lipinski definition) is 1. The lowest BCUT2D eigenvalue weighted by Gasteiger charge is -2.27. The molecule has 6 heteroatoms. The van der Waals surface area contributed by atoms with Crippen LogP contribution in [0.15, 0.2) is 30.5 Å². The Morgan fingerprint density at radius 1 is 1.16 bits per heavy atom. The van der Waals surface area contributed by atoms with Crippen LogP contribution in [-0.2, 0) is 6.42 Å². The first-order valence-electron chi connectivity index (χ1n) is 11.5. The highest BCUT2D eigenvalue weighted by Crippen LogP contribution is 2.34. The second-order valence-corrected chi connectivity index (χ2v) is 9.93. The number of pyridine rings is 1. The van der Waals surface area contributed by atoms with E-state index >= 15 is 0 Å². The fourth-order valence-corrected chi connectivity index (χ4v) is 4.37. The Morgan fingerprint density at radius 3 is 2.62 bits per heavy atom. The van der Waals surface area contributed by atoms with Gasteiger partial charge in [-0.15, -0.1) is 0 Å². The molecular formula is C26H33N5O. The van der Waals surface area contributed by atoms with Crippen LogP contribution < -0.4 is 5.32 Å². The lowest BCUT2D eigenvalue weighted by atomic mass is 9.80. The number of aryl methyl sites for hydroxylation is 3. The van der Waals surface area contributed by atoms with Gasteiger partial charge < -0.3 is 10.2 Å². The topological polar surface area (TPSA) is 71.0 Å². The van der Waals surface area contributed by atoms with Crippen LogP contribution in [-0.4, -0.2) is 39.0 Å². The smallest absolute Gasteiger partial charge is 0.321 e. The third-order valence-corrected chi connectivity index (χ3v) is 6.60. The van der Waals surface area contributed by atoms with Gasteiger partial charge in [-0.25, -0.2) is 19.7 Å². The number of carbonyl (C=O) groups excluding carboxylic acids is 1. The average Bonchev–Trinajstić information content (AvgIpc) is 3.25. The first-order valence-corrected chi connectivity index (χ1v) is 11.5. The zero-order valence-corrected chi connectivity index (χ0v) is 20.0. The fourth-order valence-electron chi connectivity index (χ4n) is 4.37. The molecule has 1 aliphatic heterocycles. The fraction of sp³-hybridized carbons (Fsp3) is 0.462. The van der Waals surface area contributed by atoms with Gasteiger partial charge in [-0.1, -0.05) is 33.8 Å². The van der Waals surface area contributed by atoms with Crippen LogP contribution in [0.4, 0.5) is 10.5 Å². The maximum absolute atomic E-state index is 12.9. The molecule has 1 aliphatic rings. The second-order valence-electron chi connectivity index (χ2n) is 9.93. The van der Waals surface area contributed by atoms with Crippen LogP contribution in [0, 0.1) is 25.2 Å². The molecule has 168 valence electrons. The summed E-state index contributed by atoms with van der Waals surface area (Å²) in [6.07, 6.45) is 3.68. The molecule has 6 nitrogen and oxygen atoms in total. The highest BCUT2D eigenvalue weighted by atomic mass is 16.2. The minimum atomic E-state index is -0.0274. The van der Waals surface area contributed by atoms with Crippen LogP contribution >= 0.6 is 0 Å². The lowest BCUT2D eigenvalue weighted by molar-refractivity contribution is 0.208. The zero-order valence-electron chi connectivity index (χ0n) is 20.0. The number of fused-ring (bicyclic) bond motifs is 1. The molecule has 0 aliphatic carbocycles. The van der Waals surface area contributed by atoms with Crippen LogP contribution in [0.1, 0.15) is 51.2 Å². The quantitative estimate of drug-likeness (QED) is 0.571. The number of urea groups is 1. The van der Waals surface area contributed by atoms with E-state index in [0.29, 0.717) is 5.92 Å². The van der Waals surface area contributed by atoms with Gasteiger partial charge >= 0.3 is 6.03 Å². The summed E-state index contributed by atoms with van der Waals surface area (Å²) in [7, 11) is 0. The number of carbonyl (C=O) groups is 1. The van der Waals surface area contributed by atoms with Gasteiger partial charge in [0, 0.05) is 48.0 Å². The molecule has 4 rings (SSSR count). The Hall–Kier alpha value is -3.02. The van der Waals surface area contributed by atoms with E-state index in [0.717, 1.165) is 70.9 Å². The van der Waals surface area contributed by atoms with E-state index in [2.05, 4.69) is 49.0 Å². The average molecular weight is 432 g/mol. The minimum Gasteiger partial charge on any atom is -0.324 e. The van der Waals surface area contributed by atoms with E-state index in [-0.39, 0.29) is 11.4 Å². The molecule has 1 atom stereocenters. The summed E-state index contributed by atoms with van der Waals surface area (Å²) in [5, 5.41) is 4.03. The van der Waals surface area contributed by atoms with Crippen LogP contribution in [0.3, 0.4) is 0 Å². The molecule has 0 saturated carbocycles. The summed E-state index contributed by atoms with van der Waals surface area (Å²) in [6, 6.07) is 8.13. The Kier molecular flexibility index (Phi) is 5.89. The summed E-state index contributed by atoms with van der Waals surface area (Å²) in [5.74, 6) is 1.33. The Bertz CT molecular complexity index is 1160. The Labute approximate surface area is 190 Å². The van der Waals surface area contributed by atoms with Crippen molar-refractivity contribution < 1.29 is 4.79 Å². The third kappa shape index (κ3) is 4.45. The molecule has 1 aromatic carbocycles. The molecule has 2 amide bonds. The number of anilines is 1. The number of benzene rings is 1. The molecule has 1 fully saturated rings. The predicted octanol–water partition coefficient (Wildman–Crippen LogP) is 5.77. The molecule has 0 radical (unpaired) electrons. The number of hydrogen-bond acceptors (Lipinski definition) is 4. The van der Waals surface area contributed by atoms with Gasteiger partial charge in [0.2, 0.25) is 0 Å². The molecular weight excluding hydrogens is 398 g/mol. The summed E-state index contributed by atoms with van der Waals surface area (Å²) >= 11 is 0. The monoisotopic (exact) mass is 431 g/mol. The number of rotatable bonds is 3. The molecule has 1 saturated heterocycles. The Morgan fingerprint density at radius 2 is 1.94 bits per heavy atom. The van der Waals surface area contributed by atoms with Crippen molar-refractivity contribution in [3.63, 3.8) is 0 Å². The second kappa shape index (κ2) is 8.49. The van der Waals surface area contributed by atoms with Crippen molar-refractivity contribution in [1.82, 2.24) is 19.9 Å². The maximum Gasteiger partial charge on any atom is 0.321 e. The number of nitrogens with one attached hydrogen (secondary N) is 1. The summed E-state index contributed by atoms with van der Waals surface area (Å²) in [6.45, 7) is 14.5. The van der Waals surface area contributed by atoms with Gasteiger partial charge in [-0.3, -0.25) is 0 Å². The van der Waals surface area contributed by atoms with Crippen molar-refractivity contribution in [1.29, 1.82) is 0 Å². The molecule has 1 N–H and O–H groups in total. The lowest BCUT2D eigenvalue weighted by Crippen LogP contribution is -2.34. The largest absolute Gasteiger partial charge is 0.324 e. The summed E-state index contributed by atoms with van der Waals surface area (Å²) in [5.41, 5.74) is 5.88. The zero-order chi connectivity index (χ0) is 23.0. The standard InChI is InChI=1S/C26H33N5O/c1-7-23-27-14-18-12-22(17(3)28-24(18)30-23)21-13-20(9-8-16(21)2)29-25(32)31-11-10-19(15-31)26(4,5)6/h8-9,12-14,19H,7,10-11,15H2,1-6H3,(H,29,32). The molecule has 3 aromatic rings. The summed E-state index contributed by atoms with van der Waals surface area (Å²) < 4.78 is 0. The normalized spacial score (nSPS) is 16.6. The first-order chi connectivity index (χ1) is 15.2. The van der Waals surface area contributed by atoms with Gasteiger partial charge in [-0.2, -0.15) is 0 Å². The number of likely N-dealkylation sites (tertiary alicyclic amines) is 1. The van der Waals surface area contributed by atoms with Gasteiger partial charge in [0.1, 0.15) is 5.82 Å². The summed E-state index contributed by atoms with van der Waals surface area (Å²) in [4.78, 5) is 28.6. The Balaban J connectivity index is 1.59. The molecule has 1 unspecified atom stereocenters. The van der Waals surface area contributed by atoms with Crippen molar-refractivity contribution >= 4 is 22.8 Å². The number of aromatic nitrogens is 3. The highest BCUT2D eigenvalue weighted by Gasteiger charge is 2.33. The van der Waals surface area contributed by atoms with Crippen LogP contribution in [0.2, 0.25) is 0 Å². The van der Waals surface area contributed by atoms with Gasteiger partial charge in [0.05, 0.1) is 0 Å². The van der Waals surface area contributed by atoms with E-state index in [1.807, 2.05) is 43.1 Å². The molecule has 3 heterocycles. The molecule has 0 bridgehead atoms. The van der Waals surface area contributed by atoms with Crippen molar-refractivity contribution in [2.24, 2.45) is 11.3 Å². The van der Waals surface area contributed by atoms with Crippen LogP contribution in [0.5, 0.6) is 0 Å². The van der Waals surface area contributed by atoms with Crippen molar-refractivity contribution in [3.05, 3.63) is 47.5 Å². The number of amides is 2. The van der Waals surface area contributed by atoms with Crippen molar-refractivity contribution in [2.45, 2.75) is 54.4 Å². The van der Waals surface area contributed by atoms with E-state index in [9.17, 15) is 4.79 Å². The third-order valence-electron chi connectivity index (χ3n) is 6.60. The van der Waals surface area contributed by atoms with E-state index in [1.165, 1.54) is 0 Å². The van der Waals surface area contributed by atoms with Gasteiger partial charge in [0.15, 0.2) is 5.65 Å². The molecule has 32 heavy (non-hydrogen) atoms. The van der Waals surface area contributed by atoms with Gasteiger partial charge in [-0.05, 0) is 60.9 Å². The minimum absolute atomic E-state index is 0.0274.